The lowest BCUT2D eigenvalue weighted by molar-refractivity contribution is 0.255. The van der Waals surface area contributed by atoms with Crippen molar-refractivity contribution in [3.63, 3.8) is 0 Å². The maximum Gasteiger partial charge on any atom is 0.329 e. The van der Waals surface area contributed by atoms with Crippen molar-refractivity contribution in [2.24, 2.45) is 0 Å². The van der Waals surface area contributed by atoms with Gasteiger partial charge in [-0.05, 0) is 49.2 Å². The molecule has 0 N–H and O–H groups in total. The van der Waals surface area contributed by atoms with Gasteiger partial charge < -0.3 is 0 Å². The van der Waals surface area contributed by atoms with Gasteiger partial charge in [0.05, 0.1) is 23.6 Å². The van der Waals surface area contributed by atoms with Crippen LogP contribution in [0.25, 0.3) is 0 Å². The Bertz CT molecular complexity index is 1010. The Morgan fingerprint density at radius 2 is 1.58 bits per heavy atom. The van der Waals surface area contributed by atoms with Crippen LogP contribution in [0.3, 0.4) is 0 Å². The Balaban J connectivity index is 1.82. The van der Waals surface area contributed by atoms with Gasteiger partial charge in [-0.2, -0.15) is 0 Å². The summed E-state index contributed by atoms with van der Waals surface area (Å²) < 4.78 is 24.6. The number of fused-ring (bicyclic) bond motifs is 1. The predicted molar refractivity (Wildman–Crippen MR) is 104 cm³/mol. The first-order valence-corrected chi connectivity index (χ1v) is 10.6. The normalized spacial score (nSPS) is 24.2. The molecule has 26 heavy (non-hydrogen) atoms. The number of hydrogen-bond donors (Lipinski definition) is 0. The van der Waals surface area contributed by atoms with Gasteiger partial charge >= 0.3 is 6.03 Å². The monoisotopic (exact) mass is 390 g/mol. The highest BCUT2D eigenvalue weighted by Crippen LogP contribution is 2.39. The van der Waals surface area contributed by atoms with Gasteiger partial charge in [-0.15, -0.1) is 0 Å². The molecular formula is C19H19ClN2O3S. The molecule has 5 nitrogen and oxygen atoms in total. The summed E-state index contributed by atoms with van der Waals surface area (Å²) in [7, 11) is -3.21. The zero-order valence-electron chi connectivity index (χ0n) is 14.5. The van der Waals surface area contributed by atoms with Crippen molar-refractivity contribution < 1.29 is 13.2 Å². The quantitative estimate of drug-likeness (QED) is 0.736. The van der Waals surface area contributed by atoms with Crippen molar-refractivity contribution in [1.29, 1.82) is 0 Å². The van der Waals surface area contributed by atoms with Crippen LogP contribution < -0.4 is 9.80 Å². The number of urea groups is 1. The molecule has 136 valence electrons. The maximum absolute atomic E-state index is 13.3. The molecule has 4 rings (SSSR count). The standard InChI is InChI=1S/C19H19ClN2O3S/c1-12-4-3-5-14(8-12)21-17-10-26(24,25)11-18(17)22(19(21)23)15-7-6-13(2)16(20)9-15/h3-9,17-18H,10-11H2,1-2H3/t17-,18+/m1/s1. The van der Waals surface area contributed by atoms with Crippen LogP contribution in [-0.2, 0) is 9.84 Å². The molecule has 2 heterocycles. The highest BCUT2D eigenvalue weighted by molar-refractivity contribution is 7.91. The van der Waals surface area contributed by atoms with Gasteiger partial charge in [0.25, 0.3) is 0 Å². The lowest BCUT2D eigenvalue weighted by Crippen LogP contribution is -2.38. The Labute approximate surface area is 158 Å². The molecule has 7 heteroatoms. The van der Waals surface area contributed by atoms with Gasteiger partial charge in [-0.25, -0.2) is 13.2 Å². The first-order valence-electron chi connectivity index (χ1n) is 8.42. The van der Waals surface area contributed by atoms with Crippen molar-refractivity contribution in [3.05, 3.63) is 58.6 Å². The van der Waals surface area contributed by atoms with Crippen LogP contribution in [0.4, 0.5) is 16.2 Å². The van der Waals surface area contributed by atoms with E-state index in [1.54, 1.807) is 15.9 Å². The number of benzene rings is 2. The summed E-state index contributed by atoms with van der Waals surface area (Å²) in [5.74, 6) is -0.0509. The van der Waals surface area contributed by atoms with E-state index in [9.17, 15) is 13.2 Å². The zero-order valence-corrected chi connectivity index (χ0v) is 16.1. The van der Waals surface area contributed by atoms with Crippen LogP contribution in [-0.4, -0.2) is 38.0 Å². The number of carbonyl (C=O) groups is 1. The number of halogens is 1. The maximum atomic E-state index is 13.3. The summed E-state index contributed by atoms with van der Waals surface area (Å²) >= 11 is 6.24. The summed E-state index contributed by atoms with van der Waals surface area (Å²) in [5, 5.41) is 0.557. The number of amides is 2. The Hall–Kier alpha value is -2.05. The third-order valence-electron chi connectivity index (χ3n) is 5.08. The van der Waals surface area contributed by atoms with Crippen molar-refractivity contribution in [2.45, 2.75) is 25.9 Å². The molecule has 2 fully saturated rings. The molecule has 2 aliphatic rings. The van der Waals surface area contributed by atoms with Crippen molar-refractivity contribution >= 4 is 38.8 Å². The molecule has 0 unspecified atom stereocenters. The number of hydrogen-bond acceptors (Lipinski definition) is 3. The number of aryl methyl sites for hydroxylation is 2. The van der Waals surface area contributed by atoms with E-state index in [-0.39, 0.29) is 17.5 Å². The summed E-state index contributed by atoms with van der Waals surface area (Å²) in [6, 6.07) is 12.0. The van der Waals surface area contributed by atoms with Crippen LogP contribution in [0.5, 0.6) is 0 Å². The Morgan fingerprint density at radius 3 is 2.15 bits per heavy atom. The van der Waals surface area contributed by atoms with Gasteiger partial charge in [0.2, 0.25) is 0 Å². The molecule has 0 radical (unpaired) electrons. The minimum atomic E-state index is -3.21. The summed E-state index contributed by atoms with van der Waals surface area (Å²) in [5.41, 5.74) is 3.29. The lowest BCUT2D eigenvalue weighted by Gasteiger charge is -2.23. The van der Waals surface area contributed by atoms with E-state index in [1.807, 2.05) is 50.2 Å². The molecule has 2 aromatic rings. The number of carbonyl (C=O) groups excluding carboxylic acids is 1. The van der Waals surface area contributed by atoms with Gasteiger partial charge in [-0.1, -0.05) is 29.8 Å². The highest BCUT2D eigenvalue weighted by atomic mass is 35.5. The molecule has 0 aliphatic carbocycles. The van der Waals surface area contributed by atoms with E-state index in [2.05, 4.69) is 0 Å². The molecule has 2 saturated heterocycles. The van der Waals surface area contributed by atoms with Crippen molar-refractivity contribution in [1.82, 2.24) is 0 Å². The van der Waals surface area contributed by atoms with Crippen molar-refractivity contribution in [2.75, 3.05) is 21.3 Å². The predicted octanol–water partition coefficient (Wildman–Crippen LogP) is 3.57. The second kappa shape index (κ2) is 5.99. The zero-order chi connectivity index (χ0) is 18.6. The highest BCUT2D eigenvalue weighted by Gasteiger charge is 2.54. The Morgan fingerprint density at radius 1 is 0.962 bits per heavy atom. The molecule has 0 saturated carbocycles. The summed E-state index contributed by atoms with van der Waals surface area (Å²) in [6.45, 7) is 3.84. The van der Waals surface area contributed by atoms with Crippen molar-refractivity contribution in [3.8, 4) is 0 Å². The number of nitrogens with zero attached hydrogens (tertiary/aromatic N) is 2. The van der Waals surface area contributed by atoms with Crippen LogP contribution in [0.2, 0.25) is 5.02 Å². The minimum Gasteiger partial charge on any atom is -0.288 e. The molecule has 2 aliphatic heterocycles. The molecule has 0 spiro atoms. The second-order valence-electron chi connectivity index (χ2n) is 7.01. The van der Waals surface area contributed by atoms with Gasteiger partial charge in [0, 0.05) is 16.4 Å². The fourth-order valence-electron chi connectivity index (χ4n) is 3.82. The minimum absolute atomic E-state index is 0.0204. The molecule has 0 bridgehead atoms. The molecule has 2 aromatic carbocycles. The summed E-state index contributed by atoms with van der Waals surface area (Å²) in [6.07, 6.45) is 0. The van der Waals surface area contributed by atoms with Gasteiger partial charge in [0.15, 0.2) is 9.84 Å². The van der Waals surface area contributed by atoms with Crippen LogP contribution in [0.15, 0.2) is 42.5 Å². The molecular weight excluding hydrogens is 372 g/mol. The Kier molecular flexibility index (Phi) is 4.00. The van der Waals surface area contributed by atoms with E-state index in [1.165, 1.54) is 0 Å². The topological polar surface area (TPSA) is 57.7 Å². The molecule has 2 atom stereocenters. The number of rotatable bonds is 2. The third-order valence-corrected chi connectivity index (χ3v) is 7.19. The second-order valence-corrected chi connectivity index (χ2v) is 9.57. The van der Waals surface area contributed by atoms with Gasteiger partial charge in [0.1, 0.15) is 0 Å². The fourth-order valence-corrected chi connectivity index (χ4v) is 5.91. The van der Waals surface area contributed by atoms with Crippen LogP contribution in [0, 0.1) is 13.8 Å². The van der Waals surface area contributed by atoms with E-state index < -0.39 is 21.9 Å². The van der Waals surface area contributed by atoms with Gasteiger partial charge in [-0.3, -0.25) is 9.80 Å². The van der Waals surface area contributed by atoms with E-state index in [0.717, 1.165) is 16.8 Å². The molecule has 0 aromatic heterocycles. The summed E-state index contributed by atoms with van der Waals surface area (Å²) in [4.78, 5) is 16.5. The van der Waals surface area contributed by atoms with E-state index in [0.29, 0.717) is 10.7 Å². The average molecular weight is 391 g/mol. The van der Waals surface area contributed by atoms with Crippen LogP contribution in [0.1, 0.15) is 11.1 Å². The average Bonchev–Trinajstić information content (AvgIpc) is 2.99. The first-order chi connectivity index (χ1) is 12.3. The molecule has 2 amide bonds. The van der Waals surface area contributed by atoms with E-state index >= 15 is 0 Å². The van der Waals surface area contributed by atoms with E-state index in [4.69, 9.17) is 11.6 Å². The largest absolute Gasteiger partial charge is 0.329 e. The lowest BCUT2D eigenvalue weighted by atomic mass is 10.1. The fraction of sp³-hybridized carbons (Fsp3) is 0.316. The first kappa shape index (κ1) is 17.4. The van der Waals surface area contributed by atoms with Crippen LogP contribution >= 0.6 is 11.6 Å². The SMILES string of the molecule is Cc1cccc(N2C(=O)N(c3ccc(C)c(Cl)c3)[C@H]3CS(=O)(=O)C[C@H]32)c1. The third kappa shape index (κ3) is 2.77. The smallest absolute Gasteiger partial charge is 0.288 e. The number of anilines is 2. The number of sulfone groups is 1.